The molecule has 0 radical (unpaired) electrons. The Balaban J connectivity index is 1.86. The second kappa shape index (κ2) is 6.76. The Morgan fingerprint density at radius 1 is 1.21 bits per heavy atom. The molecule has 6 nitrogen and oxygen atoms in total. The zero-order chi connectivity index (χ0) is 17.2. The van der Waals surface area contributed by atoms with Gasteiger partial charge in [0.25, 0.3) is 0 Å². The highest BCUT2D eigenvalue weighted by molar-refractivity contribution is 7.91. The minimum absolute atomic E-state index is 0.0442. The first-order valence-electron chi connectivity index (χ1n) is 8.09. The van der Waals surface area contributed by atoms with Crippen molar-refractivity contribution in [2.24, 2.45) is 0 Å². The van der Waals surface area contributed by atoms with Crippen molar-refractivity contribution >= 4 is 27.3 Å². The minimum Gasteiger partial charge on any atom is -0.337 e. The van der Waals surface area contributed by atoms with Gasteiger partial charge in [0.1, 0.15) is 5.82 Å². The van der Waals surface area contributed by atoms with Gasteiger partial charge in [-0.05, 0) is 31.5 Å². The van der Waals surface area contributed by atoms with Crippen LogP contribution in [0.15, 0.2) is 42.6 Å². The molecule has 1 aromatic carbocycles. The van der Waals surface area contributed by atoms with Crippen LogP contribution in [0.5, 0.6) is 0 Å². The number of benzene rings is 1. The molecule has 1 atom stereocenters. The molecule has 1 aliphatic rings. The SMILES string of the molecule is CCN(c1nccc(N(C)c2ccccc2)n1)C1CCS(=O)(=O)C1. The smallest absolute Gasteiger partial charge is 0.227 e. The van der Waals surface area contributed by atoms with Gasteiger partial charge < -0.3 is 9.80 Å². The molecule has 2 aromatic rings. The normalized spacial score (nSPS) is 19.2. The monoisotopic (exact) mass is 346 g/mol. The molecular weight excluding hydrogens is 324 g/mol. The first kappa shape index (κ1) is 16.7. The van der Waals surface area contributed by atoms with Gasteiger partial charge in [-0.1, -0.05) is 18.2 Å². The van der Waals surface area contributed by atoms with Gasteiger partial charge in [-0.15, -0.1) is 0 Å². The molecular formula is C17H22N4O2S. The fourth-order valence-electron chi connectivity index (χ4n) is 3.03. The Bertz CT molecular complexity index is 795. The summed E-state index contributed by atoms with van der Waals surface area (Å²) >= 11 is 0. The predicted octanol–water partition coefficient (Wildman–Crippen LogP) is 2.26. The van der Waals surface area contributed by atoms with Crippen LogP contribution in [0.1, 0.15) is 13.3 Å². The Morgan fingerprint density at radius 2 is 1.96 bits per heavy atom. The summed E-state index contributed by atoms with van der Waals surface area (Å²) in [7, 11) is -0.980. The third-order valence-corrected chi connectivity index (χ3v) is 6.11. The second-order valence-corrected chi connectivity index (χ2v) is 8.18. The quantitative estimate of drug-likeness (QED) is 0.827. The Morgan fingerprint density at radius 3 is 2.58 bits per heavy atom. The molecule has 1 fully saturated rings. The lowest BCUT2D eigenvalue weighted by atomic mass is 10.2. The number of anilines is 3. The Hall–Kier alpha value is -2.15. The van der Waals surface area contributed by atoms with Crippen LogP contribution in [0.2, 0.25) is 0 Å². The summed E-state index contributed by atoms with van der Waals surface area (Å²) in [6, 6.07) is 11.8. The summed E-state index contributed by atoms with van der Waals surface area (Å²) in [5, 5.41) is 0. The number of para-hydroxylation sites is 1. The van der Waals surface area contributed by atoms with Gasteiger partial charge in [0.2, 0.25) is 5.95 Å². The van der Waals surface area contributed by atoms with Crippen LogP contribution in [-0.4, -0.2) is 49.5 Å². The Kier molecular flexibility index (Phi) is 4.71. The summed E-state index contributed by atoms with van der Waals surface area (Å²) in [5.41, 5.74) is 1.04. The van der Waals surface area contributed by atoms with Crippen LogP contribution in [0.4, 0.5) is 17.5 Å². The highest BCUT2D eigenvalue weighted by Crippen LogP contribution is 2.25. The highest BCUT2D eigenvalue weighted by Gasteiger charge is 2.33. The van der Waals surface area contributed by atoms with Gasteiger partial charge in [0, 0.05) is 31.5 Å². The molecule has 0 aliphatic carbocycles. The van der Waals surface area contributed by atoms with Gasteiger partial charge in [0.05, 0.1) is 11.5 Å². The van der Waals surface area contributed by atoms with Crippen LogP contribution in [0.3, 0.4) is 0 Å². The molecule has 0 bridgehead atoms. The first-order valence-corrected chi connectivity index (χ1v) is 9.91. The first-order chi connectivity index (χ1) is 11.5. The summed E-state index contributed by atoms with van der Waals surface area (Å²) in [6.45, 7) is 2.68. The molecule has 1 aliphatic heterocycles. The van der Waals surface area contributed by atoms with Gasteiger partial charge >= 0.3 is 0 Å². The lowest BCUT2D eigenvalue weighted by Crippen LogP contribution is -2.37. The van der Waals surface area contributed by atoms with E-state index in [2.05, 4.69) is 9.97 Å². The van der Waals surface area contributed by atoms with E-state index < -0.39 is 9.84 Å². The van der Waals surface area contributed by atoms with E-state index >= 15 is 0 Å². The van der Waals surface area contributed by atoms with E-state index in [4.69, 9.17) is 0 Å². The largest absolute Gasteiger partial charge is 0.337 e. The molecule has 0 saturated carbocycles. The van der Waals surface area contributed by atoms with Crippen molar-refractivity contribution < 1.29 is 8.42 Å². The topological polar surface area (TPSA) is 66.4 Å². The van der Waals surface area contributed by atoms with Crippen molar-refractivity contribution in [1.29, 1.82) is 0 Å². The predicted molar refractivity (Wildman–Crippen MR) is 96.6 cm³/mol. The minimum atomic E-state index is -2.94. The summed E-state index contributed by atoms with van der Waals surface area (Å²) < 4.78 is 23.6. The van der Waals surface area contributed by atoms with Crippen molar-refractivity contribution in [2.75, 3.05) is 34.9 Å². The van der Waals surface area contributed by atoms with E-state index in [1.807, 2.05) is 60.2 Å². The van der Waals surface area contributed by atoms with Gasteiger partial charge in [-0.2, -0.15) is 4.98 Å². The maximum Gasteiger partial charge on any atom is 0.227 e. The standard InChI is InChI=1S/C17H22N4O2S/c1-3-21(15-10-12-24(22,23)13-15)17-18-11-9-16(19-17)20(2)14-7-5-4-6-8-14/h4-9,11,15H,3,10,12-13H2,1-2H3. The number of hydrogen-bond donors (Lipinski definition) is 0. The molecule has 2 heterocycles. The number of sulfone groups is 1. The van der Waals surface area contributed by atoms with Crippen LogP contribution in [0.25, 0.3) is 0 Å². The molecule has 7 heteroatoms. The van der Waals surface area contributed by atoms with Crippen LogP contribution < -0.4 is 9.80 Å². The summed E-state index contributed by atoms with van der Waals surface area (Å²) in [5.74, 6) is 1.80. The lowest BCUT2D eigenvalue weighted by molar-refractivity contribution is 0.599. The number of hydrogen-bond acceptors (Lipinski definition) is 6. The fourth-order valence-corrected chi connectivity index (χ4v) is 4.76. The van der Waals surface area contributed by atoms with Gasteiger partial charge in [-0.3, -0.25) is 0 Å². The molecule has 3 rings (SSSR count). The van der Waals surface area contributed by atoms with Crippen molar-refractivity contribution in [3.8, 4) is 0 Å². The summed E-state index contributed by atoms with van der Waals surface area (Å²) in [4.78, 5) is 13.0. The summed E-state index contributed by atoms with van der Waals surface area (Å²) in [6.07, 6.45) is 2.36. The van der Waals surface area contributed by atoms with E-state index in [0.29, 0.717) is 18.9 Å². The van der Waals surface area contributed by atoms with Crippen LogP contribution in [0, 0.1) is 0 Å². The molecule has 0 amide bonds. The number of aromatic nitrogens is 2. The van der Waals surface area contributed by atoms with Gasteiger partial charge in [0.15, 0.2) is 9.84 Å². The van der Waals surface area contributed by atoms with Crippen LogP contribution >= 0.6 is 0 Å². The fraction of sp³-hybridized carbons (Fsp3) is 0.412. The van der Waals surface area contributed by atoms with E-state index in [9.17, 15) is 8.42 Å². The molecule has 24 heavy (non-hydrogen) atoms. The maximum absolute atomic E-state index is 11.8. The zero-order valence-corrected chi connectivity index (χ0v) is 14.8. The Labute approximate surface area is 143 Å². The van der Waals surface area contributed by atoms with Crippen molar-refractivity contribution in [1.82, 2.24) is 9.97 Å². The third-order valence-electron chi connectivity index (χ3n) is 4.36. The molecule has 0 spiro atoms. The average Bonchev–Trinajstić information content (AvgIpc) is 2.95. The molecule has 1 aromatic heterocycles. The molecule has 1 unspecified atom stereocenters. The third kappa shape index (κ3) is 3.51. The molecule has 0 N–H and O–H groups in total. The number of rotatable bonds is 5. The van der Waals surface area contributed by atoms with E-state index in [1.54, 1.807) is 6.20 Å². The van der Waals surface area contributed by atoms with Crippen LogP contribution in [-0.2, 0) is 9.84 Å². The average molecular weight is 346 g/mol. The van der Waals surface area contributed by atoms with E-state index in [1.165, 1.54) is 0 Å². The van der Waals surface area contributed by atoms with Crippen molar-refractivity contribution in [2.45, 2.75) is 19.4 Å². The van der Waals surface area contributed by atoms with Crippen molar-refractivity contribution in [3.63, 3.8) is 0 Å². The van der Waals surface area contributed by atoms with Crippen molar-refractivity contribution in [3.05, 3.63) is 42.6 Å². The lowest BCUT2D eigenvalue weighted by Gasteiger charge is -2.28. The van der Waals surface area contributed by atoms with Gasteiger partial charge in [-0.25, -0.2) is 13.4 Å². The second-order valence-electron chi connectivity index (χ2n) is 5.95. The number of nitrogens with zero attached hydrogens (tertiary/aromatic N) is 4. The highest BCUT2D eigenvalue weighted by atomic mass is 32.2. The van der Waals surface area contributed by atoms with E-state index in [-0.39, 0.29) is 17.5 Å². The zero-order valence-electron chi connectivity index (χ0n) is 14.0. The molecule has 1 saturated heterocycles. The molecule has 128 valence electrons. The van der Waals surface area contributed by atoms with E-state index in [0.717, 1.165) is 11.5 Å². The maximum atomic E-state index is 11.8.